The summed E-state index contributed by atoms with van der Waals surface area (Å²) in [7, 11) is 0. The Hall–Kier alpha value is -3.01. The normalized spacial score (nSPS) is 17.1. The second kappa shape index (κ2) is 8.56. The topological polar surface area (TPSA) is 84.4 Å². The van der Waals surface area contributed by atoms with E-state index in [1.54, 1.807) is 0 Å². The van der Waals surface area contributed by atoms with Crippen molar-refractivity contribution >= 4 is 11.8 Å². The van der Waals surface area contributed by atoms with Gasteiger partial charge in [-0.1, -0.05) is 12.1 Å². The molecule has 1 aromatic carbocycles. The molecule has 1 saturated heterocycles. The summed E-state index contributed by atoms with van der Waals surface area (Å²) in [5, 5.41) is 2.45. The molecule has 1 aromatic heterocycles. The molecule has 1 aliphatic heterocycles. The summed E-state index contributed by atoms with van der Waals surface area (Å²) in [6.07, 6.45) is -2.31. The number of carbonyl (C=O) groups excluding carboxylic acids is 2. The van der Waals surface area contributed by atoms with Crippen LogP contribution in [0.1, 0.15) is 24.3 Å². The molecule has 2 heterocycles. The number of alkyl halides is 3. The van der Waals surface area contributed by atoms with E-state index in [2.05, 4.69) is 15.3 Å². The molecule has 7 nitrogen and oxygen atoms in total. The number of nitrogens with zero attached hydrogens (tertiary/aromatic N) is 3. The van der Waals surface area contributed by atoms with Gasteiger partial charge < -0.3 is 15.0 Å². The summed E-state index contributed by atoms with van der Waals surface area (Å²) in [5.74, 6) is -0.595. The number of carbonyl (C=O) groups is 2. The van der Waals surface area contributed by atoms with E-state index in [1.807, 2.05) is 0 Å². The van der Waals surface area contributed by atoms with Crippen LogP contribution in [0.5, 0.6) is 0 Å². The Kier molecular flexibility index (Phi) is 6.12. The Balaban J connectivity index is 1.85. The molecule has 29 heavy (non-hydrogen) atoms. The lowest BCUT2D eigenvalue weighted by Gasteiger charge is -2.33. The number of benzene rings is 1. The quantitative estimate of drug-likeness (QED) is 0.839. The molecule has 1 N–H and O–H groups in total. The number of amides is 2. The van der Waals surface area contributed by atoms with Crippen molar-refractivity contribution in [2.45, 2.75) is 19.2 Å². The molecule has 0 saturated carbocycles. The lowest BCUT2D eigenvalue weighted by molar-refractivity contribution is -0.139. The van der Waals surface area contributed by atoms with Crippen molar-refractivity contribution in [1.82, 2.24) is 20.2 Å². The average Bonchev–Trinajstić information content (AvgIpc) is 2.71. The van der Waals surface area contributed by atoms with Crippen molar-refractivity contribution in [3.63, 3.8) is 0 Å². The fraction of sp³-hybridized carbons (Fsp3) is 0.368. The number of hydrogen-bond donors (Lipinski definition) is 1. The summed E-state index contributed by atoms with van der Waals surface area (Å²) in [4.78, 5) is 33.3. The fourth-order valence-corrected chi connectivity index (χ4v) is 3.00. The number of halogens is 3. The van der Waals surface area contributed by atoms with Gasteiger partial charge in [0, 0.05) is 31.4 Å². The number of rotatable bonds is 4. The molecular weight excluding hydrogens is 389 g/mol. The highest BCUT2D eigenvalue weighted by Gasteiger charge is 2.32. The van der Waals surface area contributed by atoms with Crippen LogP contribution in [0.25, 0.3) is 11.3 Å². The summed E-state index contributed by atoms with van der Waals surface area (Å²) in [6, 6.07) is 4.82. The van der Waals surface area contributed by atoms with Gasteiger partial charge >= 0.3 is 6.18 Å². The highest BCUT2D eigenvalue weighted by molar-refractivity contribution is 5.83. The minimum Gasteiger partial charge on any atom is -0.368 e. The molecule has 2 aromatic rings. The van der Waals surface area contributed by atoms with Crippen LogP contribution in [0, 0.1) is 0 Å². The zero-order valence-electron chi connectivity index (χ0n) is 15.6. The van der Waals surface area contributed by atoms with Gasteiger partial charge in [-0.3, -0.25) is 19.6 Å². The lowest BCUT2D eigenvalue weighted by Crippen LogP contribution is -2.46. The van der Waals surface area contributed by atoms with E-state index in [0.29, 0.717) is 12.2 Å². The third-order valence-corrected chi connectivity index (χ3v) is 4.40. The minimum absolute atomic E-state index is 0.136. The Labute approximate surface area is 164 Å². The van der Waals surface area contributed by atoms with Gasteiger partial charge in [0.05, 0.1) is 36.6 Å². The van der Waals surface area contributed by atoms with Gasteiger partial charge in [-0.25, -0.2) is 0 Å². The molecule has 1 unspecified atom stereocenters. The van der Waals surface area contributed by atoms with Crippen molar-refractivity contribution in [3.8, 4) is 11.3 Å². The van der Waals surface area contributed by atoms with Crippen LogP contribution in [-0.2, 0) is 20.5 Å². The second-order valence-corrected chi connectivity index (χ2v) is 6.48. The lowest BCUT2D eigenvalue weighted by atomic mass is 10.0. The largest absolute Gasteiger partial charge is 0.416 e. The van der Waals surface area contributed by atoms with E-state index >= 15 is 0 Å². The van der Waals surface area contributed by atoms with Crippen LogP contribution < -0.4 is 5.32 Å². The monoisotopic (exact) mass is 408 g/mol. The van der Waals surface area contributed by atoms with Gasteiger partial charge in [-0.2, -0.15) is 13.2 Å². The summed E-state index contributed by atoms with van der Waals surface area (Å²) >= 11 is 0. The van der Waals surface area contributed by atoms with Crippen LogP contribution >= 0.6 is 0 Å². The summed E-state index contributed by atoms with van der Waals surface area (Å²) in [6.45, 7) is 1.91. The first kappa shape index (κ1) is 20.7. The SMILES string of the molecule is CC(=O)NCC(=O)N1CCOC(c2nccnc2-c2cccc(C(F)(F)F)c2)C1. The molecule has 154 valence electrons. The maximum absolute atomic E-state index is 13.1. The molecule has 0 spiro atoms. The zero-order valence-corrected chi connectivity index (χ0v) is 15.6. The maximum atomic E-state index is 13.1. The molecule has 3 rings (SSSR count). The zero-order chi connectivity index (χ0) is 21.0. The number of hydrogen-bond acceptors (Lipinski definition) is 5. The van der Waals surface area contributed by atoms with Gasteiger partial charge in [-0.15, -0.1) is 0 Å². The molecule has 1 aliphatic rings. The molecule has 1 fully saturated rings. The van der Waals surface area contributed by atoms with Crippen molar-refractivity contribution < 1.29 is 27.5 Å². The van der Waals surface area contributed by atoms with Gasteiger partial charge in [0.2, 0.25) is 11.8 Å². The second-order valence-electron chi connectivity index (χ2n) is 6.48. The predicted octanol–water partition coefficient (Wildman–Crippen LogP) is 2.20. The van der Waals surface area contributed by atoms with Gasteiger partial charge in [0.1, 0.15) is 6.10 Å². The van der Waals surface area contributed by atoms with E-state index < -0.39 is 17.8 Å². The first-order valence-electron chi connectivity index (χ1n) is 8.88. The molecular formula is C19H19F3N4O3. The number of morpholine rings is 1. The molecule has 1 atom stereocenters. The highest BCUT2D eigenvalue weighted by atomic mass is 19.4. The van der Waals surface area contributed by atoms with Gasteiger partial charge in [0.25, 0.3) is 0 Å². The van der Waals surface area contributed by atoms with Crippen LogP contribution in [0.2, 0.25) is 0 Å². The molecule has 2 amide bonds. The van der Waals surface area contributed by atoms with E-state index in [1.165, 1.54) is 36.4 Å². The van der Waals surface area contributed by atoms with E-state index in [-0.39, 0.29) is 42.8 Å². The first-order valence-corrected chi connectivity index (χ1v) is 8.88. The molecule has 0 aliphatic carbocycles. The summed E-state index contributed by atoms with van der Waals surface area (Å²) in [5.41, 5.74) is 0.0834. The third kappa shape index (κ3) is 5.08. The Morgan fingerprint density at radius 2 is 2.03 bits per heavy atom. The maximum Gasteiger partial charge on any atom is 0.416 e. The first-order chi connectivity index (χ1) is 13.8. The van der Waals surface area contributed by atoms with Crippen molar-refractivity contribution in [3.05, 3.63) is 47.9 Å². The fourth-order valence-electron chi connectivity index (χ4n) is 3.00. The standard InChI is InChI=1S/C19H19F3N4O3/c1-12(27)25-10-16(28)26-7-8-29-15(11-26)18-17(23-5-6-24-18)13-3-2-4-14(9-13)19(20,21)22/h2-6,9,15H,7-8,10-11H2,1H3,(H,25,27). The number of nitrogens with one attached hydrogen (secondary N) is 1. The van der Waals surface area contributed by atoms with Crippen LogP contribution in [0.3, 0.4) is 0 Å². The smallest absolute Gasteiger partial charge is 0.368 e. The molecule has 0 radical (unpaired) electrons. The van der Waals surface area contributed by atoms with Crippen LogP contribution in [0.15, 0.2) is 36.7 Å². The van der Waals surface area contributed by atoms with Gasteiger partial charge in [-0.05, 0) is 12.1 Å². The highest BCUT2D eigenvalue weighted by Crippen LogP contribution is 2.34. The third-order valence-electron chi connectivity index (χ3n) is 4.40. The molecule has 0 bridgehead atoms. The van der Waals surface area contributed by atoms with Crippen LogP contribution in [0.4, 0.5) is 13.2 Å². The summed E-state index contributed by atoms with van der Waals surface area (Å²) < 4.78 is 44.9. The van der Waals surface area contributed by atoms with E-state index in [9.17, 15) is 22.8 Å². The van der Waals surface area contributed by atoms with E-state index in [4.69, 9.17) is 4.74 Å². The van der Waals surface area contributed by atoms with Crippen molar-refractivity contribution in [1.29, 1.82) is 0 Å². The van der Waals surface area contributed by atoms with Crippen molar-refractivity contribution in [2.75, 3.05) is 26.2 Å². The Morgan fingerprint density at radius 1 is 1.28 bits per heavy atom. The molecule has 10 heteroatoms. The number of ether oxygens (including phenoxy) is 1. The minimum atomic E-state index is -4.48. The predicted molar refractivity (Wildman–Crippen MR) is 96.4 cm³/mol. The average molecular weight is 408 g/mol. The van der Waals surface area contributed by atoms with Gasteiger partial charge in [0.15, 0.2) is 0 Å². The Morgan fingerprint density at radius 3 is 2.76 bits per heavy atom. The van der Waals surface area contributed by atoms with Crippen molar-refractivity contribution in [2.24, 2.45) is 0 Å². The number of aromatic nitrogens is 2. The van der Waals surface area contributed by atoms with Crippen LogP contribution in [-0.4, -0.2) is 52.9 Å². The Bertz CT molecular complexity index is 904. The van der Waals surface area contributed by atoms with E-state index in [0.717, 1.165) is 12.1 Å².